The Hall–Kier alpha value is -2.95. The van der Waals surface area contributed by atoms with Crippen molar-refractivity contribution < 1.29 is 22.7 Å². The summed E-state index contributed by atoms with van der Waals surface area (Å²) in [6.07, 6.45) is 0.0599. The molecule has 2 aromatic rings. The predicted octanol–water partition coefficient (Wildman–Crippen LogP) is 2.19. The number of carbonyl (C=O) groups excluding carboxylic acids is 2. The van der Waals surface area contributed by atoms with Gasteiger partial charge in [-0.3, -0.25) is 4.79 Å². The highest BCUT2D eigenvalue weighted by Gasteiger charge is 2.28. The van der Waals surface area contributed by atoms with Gasteiger partial charge in [-0.05, 0) is 30.2 Å². The van der Waals surface area contributed by atoms with E-state index < -0.39 is 10.0 Å². The van der Waals surface area contributed by atoms with Gasteiger partial charge in [0.05, 0.1) is 18.1 Å². The lowest BCUT2D eigenvalue weighted by Crippen LogP contribution is -2.40. The van der Waals surface area contributed by atoms with Crippen LogP contribution in [0, 0.1) is 6.92 Å². The zero-order valence-electron chi connectivity index (χ0n) is 18.9. The maximum atomic E-state index is 13.0. The summed E-state index contributed by atoms with van der Waals surface area (Å²) >= 11 is 0. The molecule has 0 unspecified atom stereocenters. The lowest BCUT2D eigenvalue weighted by atomic mass is 10.2. The normalized spacial score (nSPS) is 14.5. The molecule has 0 saturated carbocycles. The second kappa shape index (κ2) is 11.3. The van der Waals surface area contributed by atoms with Gasteiger partial charge in [0.25, 0.3) is 0 Å². The van der Waals surface area contributed by atoms with Crippen LogP contribution in [0.2, 0.25) is 0 Å². The maximum Gasteiger partial charge on any atom is 0.317 e. The lowest BCUT2D eigenvalue weighted by Gasteiger charge is -2.26. The molecule has 2 aromatic carbocycles. The Morgan fingerprint density at radius 3 is 2.48 bits per heavy atom. The van der Waals surface area contributed by atoms with E-state index in [2.05, 4.69) is 10.6 Å². The molecule has 0 aliphatic carbocycles. The third-order valence-electron chi connectivity index (χ3n) is 5.30. The predicted molar refractivity (Wildman–Crippen MR) is 125 cm³/mol. The van der Waals surface area contributed by atoms with E-state index in [0.717, 1.165) is 5.56 Å². The molecule has 1 aliphatic heterocycles. The molecular formula is C23H30N4O5S. The van der Waals surface area contributed by atoms with Crippen molar-refractivity contribution in [1.82, 2.24) is 14.5 Å². The summed E-state index contributed by atoms with van der Waals surface area (Å²) in [5, 5.41) is 5.43. The molecule has 1 heterocycles. The van der Waals surface area contributed by atoms with E-state index >= 15 is 0 Å². The van der Waals surface area contributed by atoms with E-state index in [1.165, 1.54) is 15.3 Å². The number of urea groups is 1. The first-order valence-corrected chi connectivity index (χ1v) is 12.2. The topological polar surface area (TPSA) is 108 Å². The summed E-state index contributed by atoms with van der Waals surface area (Å²) in [6.45, 7) is 3.67. The first-order valence-electron chi connectivity index (χ1n) is 10.8. The molecule has 0 radical (unpaired) electrons. The summed E-state index contributed by atoms with van der Waals surface area (Å²) < 4.78 is 32.6. The Morgan fingerprint density at radius 1 is 1.09 bits per heavy atom. The number of nitrogens with one attached hydrogen (secondary N) is 2. The van der Waals surface area contributed by atoms with E-state index in [9.17, 15) is 18.0 Å². The Kier molecular flexibility index (Phi) is 8.43. The molecule has 0 spiro atoms. The van der Waals surface area contributed by atoms with Crippen molar-refractivity contribution in [3.05, 3.63) is 59.7 Å². The van der Waals surface area contributed by atoms with Crippen LogP contribution in [0.15, 0.2) is 53.4 Å². The number of amides is 3. The summed E-state index contributed by atoms with van der Waals surface area (Å²) in [5.41, 5.74) is 2.01. The van der Waals surface area contributed by atoms with E-state index in [-0.39, 0.29) is 29.8 Å². The van der Waals surface area contributed by atoms with Crippen LogP contribution in [0.3, 0.4) is 0 Å². The number of nitrogens with zero attached hydrogens (tertiary/aromatic N) is 2. The number of carbonyl (C=O) groups is 2. The average Bonchev–Trinajstić information content (AvgIpc) is 2.81. The fourth-order valence-electron chi connectivity index (χ4n) is 3.45. The molecule has 10 heteroatoms. The zero-order valence-corrected chi connectivity index (χ0v) is 19.7. The van der Waals surface area contributed by atoms with Gasteiger partial charge in [-0.25, -0.2) is 13.2 Å². The van der Waals surface area contributed by atoms with Crippen LogP contribution in [-0.4, -0.2) is 69.5 Å². The molecule has 9 nitrogen and oxygen atoms in total. The summed E-state index contributed by atoms with van der Waals surface area (Å²) in [7, 11) is -1.99. The fraction of sp³-hybridized carbons (Fsp3) is 0.391. The van der Waals surface area contributed by atoms with Crippen molar-refractivity contribution >= 4 is 27.6 Å². The summed E-state index contributed by atoms with van der Waals surface area (Å²) in [5.74, 6) is -0.320. The van der Waals surface area contributed by atoms with E-state index in [1.54, 1.807) is 26.1 Å². The molecule has 0 aromatic heterocycles. The molecule has 1 fully saturated rings. The second-order valence-corrected chi connectivity index (χ2v) is 9.77. The molecule has 2 N–H and O–H groups in total. The number of benzene rings is 2. The van der Waals surface area contributed by atoms with Crippen LogP contribution in [0.4, 0.5) is 10.5 Å². The van der Waals surface area contributed by atoms with Crippen LogP contribution in [0.5, 0.6) is 0 Å². The smallest absolute Gasteiger partial charge is 0.317 e. The molecule has 1 saturated heterocycles. The number of aryl methyl sites for hydroxylation is 1. The Labute approximate surface area is 194 Å². The van der Waals surface area contributed by atoms with Crippen molar-refractivity contribution in [3.8, 4) is 0 Å². The van der Waals surface area contributed by atoms with Crippen LogP contribution in [0.25, 0.3) is 0 Å². The first kappa shape index (κ1) is 24.7. The minimum absolute atomic E-state index is 0.0599. The van der Waals surface area contributed by atoms with Gasteiger partial charge in [0.15, 0.2) is 0 Å². The highest BCUT2D eigenvalue weighted by Crippen LogP contribution is 2.24. The molecule has 3 rings (SSSR count). The van der Waals surface area contributed by atoms with Crippen LogP contribution in [-0.2, 0) is 26.1 Å². The quantitative estimate of drug-likeness (QED) is 0.610. The van der Waals surface area contributed by atoms with Gasteiger partial charge in [-0.15, -0.1) is 0 Å². The van der Waals surface area contributed by atoms with E-state index in [0.29, 0.717) is 44.1 Å². The molecule has 1 aliphatic rings. The molecule has 3 amide bonds. The van der Waals surface area contributed by atoms with Gasteiger partial charge in [0.1, 0.15) is 0 Å². The van der Waals surface area contributed by atoms with Gasteiger partial charge in [-0.2, -0.15) is 4.31 Å². The van der Waals surface area contributed by atoms with Gasteiger partial charge >= 0.3 is 6.03 Å². The number of ether oxygens (including phenoxy) is 1. The Bertz CT molecular complexity index is 1070. The van der Waals surface area contributed by atoms with Gasteiger partial charge in [-0.1, -0.05) is 36.4 Å². The third kappa shape index (κ3) is 6.77. The van der Waals surface area contributed by atoms with Crippen molar-refractivity contribution in [2.45, 2.75) is 24.8 Å². The van der Waals surface area contributed by atoms with Crippen molar-refractivity contribution in [3.63, 3.8) is 0 Å². The Morgan fingerprint density at radius 2 is 1.79 bits per heavy atom. The minimum atomic E-state index is -3.68. The molecular weight excluding hydrogens is 444 g/mol. The lowest BCUT2D eigenvalue weighted by molar-refractivity contribution is -0.116. The molecule has 33 heavy (non-hydrogen) atoms. The van der Waals surface area contributed by atoms with Crippen LogP contribution >= 0.6 is 0 Å². The molecule has 0 atom stereocenters. The number of morpholine rings is 1. The summed E-state index contributed by atoms with van der Waals surface area (Å²) in [6, 6.07) is 14.1. The average molecular weight is 475 g/mol. The van der Waals surface area contributed by atoms with Gasteiger partial charge in [0, 0.05) is 45.3 Å². The van der Waals surface area contributed by atoms with E-state index in [4.69, 9.17) is 4.74 Å². The van der Waals surface area contributed by atoms with Crippen LogP contribution in [0.1, 0.15) is 17.5 Å². The second-order valence-electron chi connectivity index (χ2n) is 7.87. The van der Waals surface area contributed by atoms with Crippen molar-refractivity contribution in [2.75, 3.05) is 45.2 Å². The standard InChI is InChI=1S/C23H30N4O5S/c1-18-8-9-20(16-21(18)33(30,31)27-12-14-32-15-13-27)25-22(28)10-11-24-23(29)26(2)17-19-6-4-3-5-7-19/h3-9,16H,10-15,17H2,1-2H3,(H,24,29)(H,25,28). The van der Waals surface area contributed by atoms with Crippen molar-refractivity contribution in [2.24, 2.45) is 0 Å². The molecule has 178 valence electrons. The van der Waals surface area contributed by atoms with E-state index in [1.807, 2.05) is 30.3 Å². The third-order valence-corrected chi connectivity index (χ3v) is 7.34. The van der Waals surface area contributed by atoms with Gasteiger partial charge < -0.3 is 20.3 Å². The van der Waals surface area contributed by atoms with Crippen molar-refractivity contribution in [1.29, 1.82) is 0 Å². The molecule has 0 bridgehead atoms. The number of anilines is 1. The first-order chi connectivity index (χ1) is 15.8. The van der Waals surface area contributed by atoms with Gasteiger partial charge in [0.2, 0.25) is 15.9 Å². The highest BCUT2D eigenvalue weighted by atomic mass is 32.2. The summed E-state index contributed by atoms with van der Waals surface area (Å²) in [4.78, 5) is 26.3. The monoisotopic (exact) mass is 474 g/mol. The Balaban J connectivity index is 1.52. The number of rotatable bonds is 8. The largest absolute Gasteiger partial charge is 0.379 e. The number of hydrogen-bond donors (Lipinski definition) is 2. The number of hydrogen-bond acceptors (Lipinski definition) is 5. The number of sulfonamides is 1. The highest BCUT2D eigenvalue weighted by molar-refractivity contribution is 7.89. The fourth-order valence-corrected chi connectivity index (χ4v) is 5.11. The maximum absolute atomic E-state index is 13.0. The SMILES string of the molecule is Cc1ccc(NC(=O)CCNC(=O)N(C)Cc2ccccc2)cc1S(=O)(=O)N1CCOCC1. The minimum Gasteiger partial charge on any atom is -0.379 e. The zero-order chi connectivity index (χ0) is 23.8. The van der Waals surface area contributed by atoms with Crippen LogP contribution < -0.4 is 10.6 Å².